The molecule has 3 heteroatoms. The summed E-state index contributed by atoms with van der Waals surface area (Å²) in [6, 6.07) is 2.03. The Bertz CT molecular complexity index is 388. The lowest BCUT2D eigenvalue weighted by molar-refractivity contribution is 0.277. The van der Waals surface area contributed by atoms with Gasteiger partial charge in [0.25, 0.3) is 0 Å². The van der Waals surface area contributed by atoms with Gasteiger partial charge in [0.1, 0.15) is 6.61 Å². The molecule has 0 fully saturated rings. The zero-order chi connectivity index (χ0) is 12.7. The Hall–Kier alpha value is -0.820. The van der Waals surface area contributed by atoms with Crippen LogP contribution in [0.3, 0.4) is 0 Å². The highest BCUT2D eigenvalue weighted by molar-refractivity contribution is 7.10. The van der Waals surface area contributed by atoms with Gasteiger partial charge in [0.15, 0.2) is 0 Å². The minimum absolute atomic E-state index is 0.0714. The van der Waals surface area contributed by atoms with E-state index in [1.54, 1.807) is 11.3 Å². The third-order valence-corrected chi connectivity index (χ3v) is 3.69. The van der Waals surface area contributed by atoms with Gasteiger partial charge in [-0.15, -0.1) is 11.3 Å². The summed E-state index contributed by atoms with van der Waals surface area (Å²) in [6.07, 6.45) is 1.21. The average Bonchev–Trinajstić information content (AvgIpc) is 2.73. The third kappa shape index (κ3) is 4.91. The fourth-order valence-electron chi connectivity index (χ4n) is 1.68. The monoisotopic (exact) mass is 251 g/mol. The molecule has 0 radical (unpaired) electrons. The topological polar surface area (TPSA) is 23.5 Å². The number of aliphatic hydroxyl groups excluding tert-OH is 1. The Morgan fingerprint density at radius 3 is 2.94 bits per heavy atom. The molecular formula is C14H21NOS. The van der Waals surface area contributed by atoms with Crippen molar-refractivity contribution in [2.75, 3.05) is 20.2 Å². The van der Waals surface area contributed by atoms with E-state index in [1.165, 1.54) is 11.3 Å². The van der Waals surface area contributed by atoms with Gasteiger partial charge in [0, 0.05) is 23.5 Å². The molecule has 0 saturated carbocycles. The maximum Gasteiger partial charge on any atom is 0.104 e. The number of hydrogen-bond acceptors (Lipinski definition) is 3. The lowest BCUT2D eigenvalue weighted by Crippen LogP contribution is -2.23. The first-order valence-electron chi connectivity index (χ1n) is 6.02. The van der Waals surface area contributed by atoms with Crippen molar-refractivity contribution in [2.24, 2.45) is 5.92 Å². The Balaban J connectivity index is 2.59. The summed E-state index contributed by atoms with van der Waals surface area (Å²) >= 11 is 1.74. The molecule has 1 heterocycles. The van der Waals surface area contributed by atoms with Crippen LogP contribution in [0.25, 0.3) is 0 Å². The smallest absolute Gasteiger partial charge is 0.104 e. The molecule has 1 aromatic rings. The molecule has 1 atom stereocenters. The van der Waals surface area contributed by atoms with E-state index in [0.29, 0.717) is 0 Å². The van der Waals surface area contributed by atoms with Crippen molar-refractivity contribution in [3.63, 3.8) is 0 Å². The highest BCUT2D eigenvalue weighted by atomic mass is 32.1. The second kappa shape index (κ2) is 7.50. The zero-order valence-corrected chi connectivity index (χ0v) is 11.7. The van der Waals surface area contributed by atoms with Crippen molar-refractivity contribution in [1.29, 1.82) is 0 Å². The minimum Gasteiger partial charge on any atom is -0.384 e. The molecule has 17 heavy (non-hydrogen) atoms. The van der Waals surface area contributed by atoms with E-state index in [0.717, 1.165) is 24.6 Å². The van der Waals surface area contributed by atoms with Gasteiger partial charge in [-0.25, -0.2) is 0 Å². The van der Waals surface area contributed by atoms with Gasteiger partial charge >= 0.3 is 0 Å². The van der Waals surface area contributed by atoms with Gasteiger partial charge in [0.2, 0.25) is 0 Å². The van der Waals surface area contributed by atoms with Crippen molar-refractivity contribution in [2.45, 2.75) is 26.8 Å². The maximum atomic E-state index is 8.71. The minimum atomic E-state index is -0.0714. The molecule has 0 aliphatic carbocycles. The van der Waals surface area contributed by atoms with E-state index in [4.69, 9.17) is 5.11 Å². The molecule has 0 bridgehead atoms. The highest BCUT2D eigenvalue weighted by Crippen LogP contribution is 2.18. The molecule has 1 unspecified atom stereocenters. The third-order valence-electron chi connectivity index (χ3n) is 2.78. The summed E-state index contributed by atoms with van der Waals surface area (Å²) in [7, 11) is 2.15. The number of thiophene rings is 1. The first-order chi connectivity index (χ1) is 8.17. The largest absolute Gasteiger partial charge is 0.384 e. The maximum absolute atomic E-state index is 8.71. The predicted molar refractivity (Wildman–Crippen MR) is 74.1 cm³/mol. The molecule has 0 aromatic carbocycles. The fourth-order valence-corrected chi connectivity index (χ4v) is 2.59. The van der Waals surface area contributed by atoms with Crippen LogP contribution < -0.4 is 0 Å². The van der Waals surface area contributed by atoms with Crippen LogP contribution in [-0.4, -0.2) is 30.2 Å². The van der Waals surface area contributed by atoms with Crippen LogP contribution in [-0.2, 0) is 6.54 Å². The lowest BCUT2D eigenvalue weighted by atomic mass is 10.1. The van der Waals surface area contributed by atoms with Gasteiger partial charge in [-0.3, -0.25) is 0 Å². The molecule has 2 nitrogen and oxygen atoms in total. The molecular weight excluding hydrogens is 230 g/mol. The SMILES string of the molecule is CCC(C)CN(C)Cc1sccc1C#CCO. The Morgan fingerprint density at radius 1 is 1.53 bits per heavy atom. The van der Waals surface area contributed by atoms with E-state index in [2.05, 4.69) is 43.0 Å². The standard InChI is InChI=1S/C14H21NOS/c1-4-12(2)10-15(3)11-14-13(6-5-8-16)7-9-17-14/h7,9,12,16H,4,8,10-11H2,1-3H3. The summed E-state index contributed by atoms with van der Waals surface area (Å²) in [4.78, 5) is 3.63. The van der Waals surface area contributed by atoms with E-state index >= 15 is 0 Å². The molecule has 0 spiro atoms. The van der Waals surface area contributed by atoms with E-state index in [9.17, 15) is 0 Å². The van der Waals surface area contributed by atoms with E-state index in [-0.39, 0.29) is 6.61 Å². The van der Waals surface area contributed by atoms with Crippen molar-refractivity contribution in [3.05, 3.63) is 21.9 Å². The Kier molecular flexibility index (Phi) is 6.28. The molecule has 1 rings (SSSR count). The Labute approximate surface area is 108 Å². The van der Waals surface area contributed by atoms with Crippen molar-refractivity contribution < 1.29 is 5.11 Å². The van der Waals surface area contributed by atoms with Gasteiger partial charge < -0.3 is 10.0 Å². The summed E-state index contributed by atoms with van der Waals surface area (Å²) in [5, 5.41) is 10.8. The summed E-state index contributed by atoms with van der Waals surface area (Å²) < 4.78 is 0. The molecule has 1 N–H and O–H groups in total. The summed E-state index contributed by atoms with van der Waals surface area (Å²) in [5.41, 5.74) is 1.06. The van der Waals surface area contributed by atoms with Crippen LogP contribution in [0, 0.1) is 17.8 Å². The normalized spacial score (nSPS) is 12.3. The first-order valence-corrected chi connectivity index (χ1v) is 6.90. The molecule has 0 saturated heterocycles. The van der Waals surface area contributed by atoms with Crippen molar-refractivity contribution in [1.82, 2.24) is 4.90 Å². The number of rotatable bonds is 5. The van der Waals surface area contributed by atoms with Crippen LogP contribution in [0.5, 0.6) is 0 Å². The molecule has 94 valence electrons. The van der Waals surface area contributed by atoms with Crippen LogP contribution in [0.1, 0.15) is 30.7 Å². The summed E-state index contributed by atoms with van der Waals surface area (Å²) in [5.74, 6) is 6.44. The number of hydrogen-bond donors (Lipinski definition) is 1. The first kappa shape index (κ1) is 14.2. The van der Waals surface area contributed by atoms with Crippen molar-refractivity contribution >= 4 is 11.3 Å². The number of nitrogens with zero attached hydrogens (tertiary/aromatic N) is 1. The van der Waals surface area contributed by atoms with Crippen LogP contribution in [0.4, 0.5) is 0 Å². The van der Waals surface area contributed by atoms with Crippen LogP contribution in [0.15, 0.2) is 11.4 Å². The summed E-state index contributed by atoms with van der Waals surface area (Å²) in [6.45, 7) is 6.48. The molecule has 0 aliphatic heterocycles. The van der Waals surface area contributed by atoms with E-state index < -0.39 is 0 Å². The molecule has 0 aliphatic rings. The Morgan fingerprint density at radius 2 is 2.29 bits per heavy atom. The zero-order valence-electron chi connectivity index (χ0n) is 10.9. The van der Waals surface area contributed by atoms with Gasteiger partial charge in [-0.05, 0) is 24.4 Å². The van der Waals surface area contributed by atoms with Crippen LogP contribution >= 0.6 is 11.3 Å². The van der Waals surface area contributed by atoms with Gasteiger partial charge in [0.05, 0.1) is 0 Å². The average molecular weight is 251 g/mol. The second-order valence-corrected chi connectivity index (χ2v) is 5.43. The lowest BCUT2D eigenvalue weighted by Gasteiger charge is -2.19. The second-order valence-electron chi connectivity index (χ2n) is 4.43. The van der Waals surface area contributed by atoms with Gasteiger partial charge in [-0.1, -0.05) is 32.1 Å². The number of aliphatic hydroxyl groups is 1. The highest BCUT2D eigenvalue weighted by Gasteiger charge is 2.08. The predicted octanol–water partition coefficient (Wildman–Crippen LogP) is 2.57. The van der Waals surface area contributed by atoms with Crippen LogP contribution in [0.2, 0.25) is 0 Å². The molecule has 1 aromatic heterocycles. The van der Waals surface area contributed by atoms with E-state index in [1.807, 2.05) is 6.07 Å². The fraction of sp³-hybridized carbons (Fsp3) is 0.571. The van der Waals surface area contributed by atoms with Gasteiger partial charge in [-0.2, -0.15) is 0 Å². The quantitative estimate of drug-likeness (QED) is 0.813. The van der Waals surface area contributed by atoms with Crippen molar-refractivity contribution in [3.8, 4) is 11.8 Å². The molecule has 0 amide bonds.